The maximum absolute atomic E-state index is 10.2. The van der Waals surface area contributed by atoms with E-state index in [4.69, 9.17) is 14.2 Å². The van der Waals surface area contributed by atoms with Crippen molar-refractivity contribution in [3.63, 3.8) is 0 Å². The maximum atomic E-state index is 10.2. The summed E-state index contributed by atoms with van der Waals surface area (Å²) in [5.41, 5.74) is -0.657. The summed E-state index contributed by atoms with van der Waals surface area (Å²) >= 11 is 0. The largest absolute Gasteiger partial charge is 0.386 e. The average Bonchev–Trinajstić information content (AvgIpc) is 3.00. The highest BCUT2D eigenvalue weighted by Crippen LogP contribution is 2.35. The van der Waals surface area contributed by atoms with Gasteiger partial charge in [-0.1, -0.05) is 0 Å². The number of hydrogen-bond acceptors (Lipinski definition) is 5. The molecule has 1 spiro atoms. The highest BCUT2D eigenvalue weighted by Gasteiger charge is 2.41. The van der Waals surface area contributed by atoms with Gasteiger partial charge >= 0.3 is 0 Å². The second-order valence-corrected chi connectivity index (χ2v) is 5.79. The second-order valence-electron chi connectivity index (χ2n) is 5.79. The van der Waals surface area contributed by atoms with E-state index in [2.05, 4.69) is 5.32 Å². The number of ether oxygens (including phenoxy) is 3. The molecule has 0 amide bonds. The van der Waals surface area contributed by atoms with E-state index in [1.807, 2.05) is 0 Å². The summed E-state index contributed by atoms with van der Waals surface area (Å²) in [6.07, 6.45) is 4.76. The Kier molecular flexibility index (Phi) is 3.60. The van der Waals surface area contributed by atoms with Crippen molar-refractivity contribution in [2.45, 2.75) is 49.5 Å². The summed E-state index contributed by atoms with van der Waals surface area (Å²) in [7, 11) is 0. The summed E-state index contributed by atoms with van der Waals surface area (Å²) in [6.45, 7) is 3.23. The van der Waals surface area contributed by atoms with Gasteiger partial charge in [-0.3, -0.25) is 0 Å². The molecule has 0 aromatic heterocycles. The fourth-order valence-corrected chi connectivity index (χ4v) is 3.12. The van der Waals surface area contributed by atoms with Crippen molar-refractivity contribution in [3.8, 4) is 0 Å². The molecule has 1 aliphatic carbocycles. The lowest BCUT2D eigenvalue weighted by molar-refractivity contribution is -0.179. The molecule has 104 valence electrons. The molecule has 2 heterocycles. The van der Waals surface area contributed by atoms with Crippen LogP contribution in [0.4, 0.5) is 0 Å². The number of nitrogens with one attached hydrogen (secondary N) is 1. The minimum atomic E-state index is -0.657. The van der Waals surface area contributed by atoms with Gasteiger partial charge in [0.25, 0.3) is 0 Å². The van der Waals surface area contributed by atoms with Crippen molar-refractivity contribution in [3.05, 3.63) is 0 Å². The monoisotopic (exact) mass is 257 g/mol. The Labute approximate surface area is 108 Å². The van der Waals surface area contributed by atoms with Crippen molar-refractivity contribution >= 4 is 0 Å². The molecule has 5 heteroatoms. The van der Waals surface area contributed by atoms with Crippen LogP contribution in [0.1, 0.15) is 32.1 Å². The molecular formula is C13H23NO4. The van der Waals surface area contributed by atoms with Gasteiger partial charge in [-0.2, -0.15) is 0 Å². The first-order valence-electron chi connectivity index (χ1n) is 7.01. The normalized spacial score (nSPS) is 36.5. The van der Waals surface area contributed by atoms with Crippen molar-refractivity contribution < 1.29 is 19.3 Å². The van der Waals surface area contributed by atoms with E-state index < -0.39 is 5.60 Å². The first-order valence-corrected chi connectivity index (χ1v) is 7.01. The molecule has 1 unspecified atom stereocenters. The minimum Gasteiger partial charge on any atom is -0.386 e. The van der Waals surface area contributed by atoms with Crippen LogP contribution in [-0.2, 0) is 14.2 Å². The molecule has 2 N–H and O–H groups in total. The van der Waals surface area contributed by atoms with E-state index in [9.17, 15) is 5.11 Å². The lowest BCUT2D eigenvalue weighted by atomic mass is 9.89. The number of hydrogen-bond donors (Lipinski definition) is 2. The molecule has 0 aromatic rings. The molecule has 1 saturated carbocycles. The van der Waals surface area contributed by atoms with Crippen LogP contribution < -0.4 is 5.32 Å². The van der Waals surface area contributed by atoms with Gasteiger partial charge in [-0.25, -0.2) is 0 Å². The summed E-state index contributed by atoms with van der Waals surface area (Å²) in [5.74, 6) is -0.286. The molecule has 0 bridgehead atoms. The Morgan fingerprint density at radius 3 is 2.39 bits per heavy atom. The van der Waals surface area contributed by atoms with E-state index in [1.54, 1.807) is 0 Å². The van der Waals surface area contributed by atoms with Crippen LogP contribution in [0, 0.1) is 0 Å². The highest BCUT2D eigenvalue weighted by molar-refractivity contribution is 4.90. The van der Waals surface area contributed by atoms with Gasteiger partial charge < -0.3 is 24.6 Å². The van der Waals surface area contributed by atoms with Crippen LogP contribution in [0.5, 0.6) is 0 Å². The van der Waals surface area contributed by atoms with E-state index in [0.717, 1.165) is 45.3 Å². The topological polar surface area (TPSA) is 60.0 Å². The van der Waals surface area contributed by atoms with Crippen LogP contribution in [0.3, 0.4) is 0 Å². The van der Waals surface area contributed by atoms with Crippen LogP contribution in [0.2, 0.25) is 0 Å². The third-order valence-corrected chi connectivity index (χ3v) is 4.36. The third-order valence-electron chi connectivity index (χ3n) is 4.36. The summed E-state index contributed by atoms with van der Waals surface area (Å²) in [4.78, 5) is 0. The smallest absolute Gasteiger partial charge is 0.168 e. The van der Waals surface area contributed by atoms with Crippen molar-refractivity contribution in [1.29, 1.82) is 0 Å². The number of aliphatic hydroxyl groups is 1. The zero-order valence-electron chi connectivity index (χ0n) is 10.8. The standard InChI is InChI=1S/C13H23NO4/c15-12(5-6-16-10-12)9-14-11-1-3-13(4-2-11)17-7-8-18-13/h11,14-15H,1-10H2. The Morgan fingerprint density at radius 2 is 1.78 bits per heavy atom. The van der Waals surface area contributed by atoms with E-state index in [1.165, 1.54) is 0 Å². The molecule has 0 radical (unpaired) electrons. The molecule has 2 saturated heterocycles. The van der Waals surface area contributed by atoms with E-state index in [-0.39, 0.29) is 5.79 Å². The van der Waals surface area contributed by atoms with Gasteiger partial charge in [0.2, 0.25) is 0 Å². The van der Waals surface area contributed by atoms with Crippen LogP contribution >= 0.6 is 0 Å². The van der Waals surface area contributed by atoms with Crippen molar-refractivity contribution in [2.75, 3.05) is 33.0 Å². The molecule has 0 aromatic carbocycles. The van der Waals surface area contributed by atoms with E-state index in [0.29, 0.717) is 25.8 Å². The van der Waals surface area contributed by atoms with Gasteiger partial charge in [-0.05, 0) is 12.8 Å². The van der Waals surface area contributed by atoms with Crippen LogP contribution in [0.15, 0.2) is 0 Å². The highest BCUT2D eigenvalue weighted by atomic mass is 16.7. The molecule has 3 fully saturated rings. The Bertz CT molecular complexity index is 275. The van der Waals surface area contributed by atoms with E-state index >= 15 is 0 Å². The molecule has 2 aliphatic heterocycles. The van der Waals surface area contributed by atoms with Gasteiger partial charge in [0, 0.05) is 38.5 Å². The molecule has 18 heavy (non-hydrogen) atoms. The van der Waals surface area contributed by atoms with Crippen LogP contribution in [-0.4, -0.2) is 55.5 Å². The zero-order valence-corrected chi connectivity index (χ0v) is 10.8. The van der Waals surface area contributed by atoms with Gasteiger partial charge in [0.15, 0.2) is 5.79 Å². The molecule has 1 atom stereocenters. The van der Waals surface area contributed by atoms with Crippen molar-refractivity contribution in [1.82, 2.24) is 5.32 Å². The Hall–Kier alpha value is -0.200. The first-order chi connectivity index (χ1) is 8.70. The fraction of sp³-hybridized carbons (Fsp3) is 1.00. The second kappa shape index (κ2) is 5.06. The lowest BCUT2D eigenvalue weighted by Crippen LogP contribution is -2.48. The molecule has 3 rings (SSSR count). The Morgan fingerprint density at radius 1 is 1.06 bits per heavy atom. The summed E-state index contributed by atoms with van der Waals surface area (Å²) < 4.78 is 16.7. The summed E-state index contributed by atoms with van der Waals surface area (Å²) in [6, 6.07) is 0.466. The van der Waals surface area contributed by atoms with Gasteiger partial charge in [0.1, 0.15) is 5.60 Å². The summed E-state index contributed by atoms with van der Waals surface area (Å²) in [5, 5.41) is 13.7. The zero-order chi connectivity index (χ0) is 12.5. The molecule has 3 aliphatic rings. The maximum Gasteiger partial charge on any atom is 0.168 e. The molecular weight excluding hydrogens is 234 g/mol. The lowest BCUT2D eigenvalue weighted by Gasteiger charge is -2.36. The SMILES string of the molecule is OC1(CNC2CCC3(CC2)OCCO3)CCOC1. The minimum absolute atomic E-state index is 0.286. The predicted octanol–water partition coefficient (Wildman–Crippen LogP) is 0.413. The third kappa shape index (κ3) is 2.70. The quantitative estimate of drug-likeness (QED) is 0.767. The number of rotatable bonds is 3. The fourth-order valence-electron chi connectivity index (χ4n) is 3.12. The van der Waals surface area contributed by atoms with Gasteiger partial charge in [-0.15, -0.1) is 0 Å². The Balaban J connectivity index is 1.43. The molecule has 5 nitrogen and oxygen atoms in total. The van der Waals surface area contributed by atoms with Gasteiger partial charge in [0.05, 0.1) is 19.8 Å². The van der Waals surface area contributed by atoms with Crippen molar-refractivity contribution in [2.24, 2.45) is 0 Å². The predicted molar refractivity (Wildman–Crippen MR) is 65.3 cm³/mol. The van der Waals surface area contributed by atoms with Crippen LogP contribution in [0.25, 0.3) is 0 Å². The average molecular weight is 257 g/mol. The first kappa shape index (κ1) is 12.8.